The summed E-state index contributed by atoms with van der Waals surface area (Å²) in [5.74, 6) is 0. The molecule has 0 saturated carbocycles. The normalized spacial score (nSPS) is 12.2. The summed E-state index contributed by atoms with van der Waals surface area (Å²) >= 11 is 23.8. The minimum Gasteiger partial charge on any atom is -0.744 e. The summed E-state index contributed by atoms with van der Waals surface area (Å²) in [7, 11) is -18.9. The van der Waals surface area contributed by atoms with Crippen molar-refractivity contribution in [3.63, 3.8) is 0 Å². The quantitative estimate of drug-likeness (QED) is 0.0834. The number of hydrogen-bond acceptors (Lipinski definition) is 16. The standard InChI is InChI=1S/2C16H12Cl2N4O7S2.2Na/c2*1-8-15(20-19-11-4-2-3-5-13(11)30(24,25)26)16(23)22(21-8)12-6-10(18)14(7-9(12)17)31(27,28)29;;/h2*2-7,21H,1H3,(H,24,25,26)(H,27,28,29);;/q;;2*+1/p-2. The van der Waals surface area contributed by atoms with Crippen LogP contribution in [0, 0.1) is 13.8 Å². The number of H-pyrrole nitrogens is 2. The van der Waals surface area contributed by atoms with Crippen LogP contribution >= 0.6 is 46.4 Å². The van der Waals surface area contributed by atoms with Gasteiger partial charge < -0.3 is 9.11 Å². The molecule has 6 rings (SSSR count). The van der Waals surface area contributed by atoms with Crippen LogP contribution < -0.4 is 70.2 Å². The van der Waals surface area contributed by atoms with Crippen molar-refractivity contribution in [3.05, 3.63) is 125 Å². The Kier molecular flexibility index (Phi) is 18.3. The van der Waals surface area contributed by atoms with Crippen LogP contribution in [0.4, 0.5) is 22.7 Å². The van der Waals surface area contributed by atoms with E-state index in [2.05, 4.69) is 30.7 Å². The Labute approximate surface area is 425 Å². The Morgan fingerprint density at radius 3 is 1.12 bits per heavy atom. The Morgan fingerprint density at radius 2 is 0.828 bits per heavy atom. The van der Waals surface area contributed by atoms with E-state index >= 15 is 0 Å². The molecular formula is C32H22Cl4N8Na2O14S4. The number of azo groups is 2. The molecule has 0 unspecified atom stereocenters. The molecule has 0 amide bonds. The molecular weight excluding hydrogens is 1040 g/mol. The van der Waals surface area contributed by atoms with E-state index in [9.17, 15) is 61.5 Å². The van der Waals surface area contributed by atoms with Crippen molar-refractivity contribution in [1.82, 2.24) is 19.6 Å². The second-order valence-electron chi connectivity index (χ2n) is 12.1. The molecule has 328 valence electrons. The first-order chi connectivity index (χ1) is 28.6. The molecule has 6 aromatic rings. The van der Waals surface area contributed by atoms with Crippen molar-refractivity contribution in [2.24, 2.45) is 20.5 Å². The molecule has 2 heterocycles. The van der Waals surface area contributed by atoms with Gasteiger partial charge in [0.05, 0.1) is 52.6 Å². The number of halogens is 4. The van der Waals surface area contributed by atoms with Crippen LogP contribution in [0.2, 0.25) is 20.1 Å². The number of aryl methyl sites for hydroxylation is 2. The van der Waals surface area contributed by atoms with Gasteiger partial charge in [-0.05, 0) is 62.4 Å². The van der Waals surface area contributed by atoms with E-state index in [0.717, 1.165) is 45.8 Å². The smallest absolute Gasteiger partial charge is 0.744 e. The Bertz CT molecular complexity index is 3230. The fourth-order valence-electron chi connectivity index (χ4n) is 5.14. The maximum atomic E-state index is 12.8. The third-order valence-corrected chi connectivity index (χ3v) is 12.9. The minimum atomic E-state index is -4.89. The average Bonchev–Trinajstić information content (AvgIpc) is 3.61. The van der Waals surface area contributed by atoms with Gasteiger partial charge in [-0.3, -0.25) is 28.9 Å². The van der Waals surface area contributed by atoms with Crippen molar-refractivity contribution in [2.45, 2.75) is 33.4 Å². The van der Waals surface area contributed by atoms with Gasteiger partial charge in [0.1, 0.15) is 41.4 Å². The number of aromatic amines is 2. The first kappa shape index (κ1) is 55.2. The zero-order valence-corrected chi connectivity index (χ0v) is 42.8. The largest absolute Gasteiger partial charge is 1.00 e. The van der Waals surface area contributed by atoms with Crippen molar-refractivity contribution in [1.29, 1.82) is 0 Å². The van der Waals surface area contributed by atoms with Crippen molar-refractivity contribution in [2.75, 3.05) is 0 Å². The molecule has 0 radical (unpaired) electrons. The van der Waals surface area contributed by atoms with Crippen molar-refractivity contribution < 1.29 is 111 Å². The number of benzene rings is 4. The summed E-state index contributed by atoms with van der Waals surface area (Å²) in [5, 5.41) is 18.9. The maximum Gasteiger partial charge on any atom is 1.00 e. The van der Waals surface area contributed by atoms with Gasteiger partial charge in [-0.25, -0.2) is 26.2 Å². The summed E-state index contributed by atoms with van der Waals surface area (Å²) in [5.41, 5.74) is -2.14. The average molecular weight is 1060 g/mol. The Hall–Kier alpha value is -3.10. The number of hydrogen-bond donors (Lipinski definition) is 4. The van der Waals surface area contributed by atoms with Gasteiger partial charge in [-0.1, -0.05) is 70.7 Å². The number of nitrogens with zero attached hydrogens (tertiary/aromatic N) is 6. The van der Waals surface area contributed by atoms with Crippen LogP contribution in [-0.4, -0.2) is 71.4 Å². The summed E-state index contributed by atoms with van der Waals surface area (Å²) in [6.07, 6.45) is 0. The molecule has 4 N–H and O–H groups in total. The second-order valence-corrected chi connectivity index (χ2v) is 19.2. The monoisotopic (exact) mass is 1060 g/mol. The molecule has 0 aliphatic heterocycles. The topological polar surface area (TPSA) is 348 Å². The van der Waals surface area contributed by atoms with Gasteiger partial charge in [-0.15, -0.1) is 20.5 Å². The summed E-state index contributed by atoms with van der Waals surface area (Å²) in [4.78, 5) is 23.0. The second kappa shape index (κ2) is 21.2. The van der Waals surface area contributed by atoms with Gasteiger partial charge in [0.25, 0.3) is 31.4 Å². The van der Waals surface area contributed by atoms with Gasteiger partial charge >= 0.3 is 59.1 Å². The molecule has 0 aliphatic rings. The molecule has 0 saturated heterocycles. The zero-order valence-electron chi connectivity index (χ0n) is 32.5. The predicted molar refractivity (Wildman–Crippen MR) is 219 cm³/mol. The van der Waals surface area contributed by atoms with E-state index < -0.39 is 81.2 Å². The third kappa shape index (κ3) is 12.7. The van der Waals surface area contributed by atoms with Gasteiger partial charge in [-0.2, -0.15) is 16.8 Å². The number of rotatable bonds is 10. The molecule has 0 aliphatic carbocycles. The zero-order chi connectivity index (χ0) is 46.3. The van der Waals surface area contributed by atoms with E-state index in [-0.39, 0.29) is 115 Å². The van der Waals surface area contributed by atoms with Gasteiger partial charge in [0.15, 0.2) is 11.4 Å². The number of aromatic nitrogens is 4. The first-order valence-electron chi connectivity index (χ1n) is 16.1. The van der Waals surface area contributed by atoms with Crippen LogP contribution in [0.3, 0.4) is 0 Å². The van der Waals surface area contributed by atoms with Crippen molar-refractivity contribution >= 4 is 110 Å². The van der Waals surface area contributed by atoms with E-state index in [0.29, 0.717) is 0 Å². The summed E-state index contributed by atoms with van der Waals surface area (Å²) < 4.78 is 134. The minimum absolute atomic E-state index is 0. The van der Waals surface area contributed by atoms with Crippen LogP contribution in [0.25, 0.3) is 11.4 Å². The number of nitrogens with one attached hydrogen (secondary N) is 2. The van der Waals surface area contributed by atoms with E-state index in [4.69, 9.17) is 46.4 Å². The van der Waals surface area contributed by atoms with Crippen molar-refractivity contribution in [3.8, 4) is 11.4 Å². The van der Waals surface area contributed by atoms with E-state index in [1.807, 2.05) is 0 Å². The van der Waals surface area contributed by atoms with Crippen LogP contribution in [0.15, 0.2) is 122 Å². The maximum absolute atomic E-state index is 12.8. The van der Waals surface area contributed by atoms with Gasteiger partial charge in [0, 0.05) is 0 Å². The van der Waals surface area contributed by atoms with E-state index in [1.54, 1.807) is 0 Å². The van der Waals surface area contributed by atoms with Crippen LogP contribution in [0.5, 0.6) is 0 Å². The summed E-state index contributed by atoms with van der Waals surface area (Å²) in [6.45, 7) is 2.93. The summed E-state index contributed by atoms with van der Waals surface area (Å²) in [6, 6.07) is 14.1. The fraction of sp³-hybridized carbons (Fsp3) is 0.0625. The van der Waals surface area contributed by atoms with Crippen LogP contribution in [0.1, 0.15) is 11.4 Å². The van der Waals surface area contributed by atoms with E-state index in [1.165, 1.54) is 50.2 Å². The predicted octanol–water partition coefficient (Wildman–Crippen LogP) is 0.702. The SMILES string of the molecule is Cc1[nH]n(-c2cc(Cl)c(S(=O)(=O)[O-])cc2Cl)c(=O)c1N=Nc1ccccc1S(=O)(=O)O.Cc1[nH]n(-c2cc(Cl)c(S(=O)(=O)[O-])cc2Cl)c(=O)c1N=Nc1ccccc1S(=O)(=O)O.[Na+].[Na+]. The molecule has 64 heavy (non-hydrogen) atoms. The molecule has 22 nitrogen and oxygen atoms in total. The molecule has 0 spiro atoms. The third-order valence-electron chi connectivity index (χ3n) is 7.91. The first-order valence-corrected chi connectivity index (χ1v) is 23.3. The molecule has 4 aromatic carbocycles. The molecule has 32 heteroatoms. The van der Waals surface area contributed by atoms with Gasteiger partial charge in [0.2, 0.25) is 0 Å². The molecule has 0 bridgehead atoms. The fourth-order valence-corrected chi connectivity index (χ4v) is 9.01. The molecule has 0 atom stereocenters. The van der Waals surface area contributed by atoms with Crippen LogP contribution in [-0.2, 0) is 40.5 Å². The Balaban J connectivity index is 0.000000330. The molecule has 2 aromatic heterocycles. The Morgan fingerprint density at radius 1 is 0.516 bits per heavy atom. The molecule has 0 fully saturated rings.